The van der Waals surface area contributed by atoms with Gasteiger partial charge in [-0.25, -0.2) is 14.6 Å². The highest BCUT2D eigenvalue weighted by Gasteiger charge is 2.14. The molecule has 0 saturated carbocycles. The fourth-order valence-electron chi connectivity index (χ4n) is 2.54. The molecule has 0 fully saturated rings. The van der Waals surface area contributed by atoms with Crippen LogP contribution >= 0.6 is 0 Å². The summed E-state index contributed by atoms with van der Waals surface area (Å²) in [7, 11) is 1.59. The molecule has 140 valence electrons. The zero-order chi connectivity index (χ0) is 18.9. The summed E-state index contributed by atoms with van der Waals surface area (Å²) in [6, 6.07) is 11.3. The van der Waals surface area contributed by atoms with Crippen LogP contribution in [0.25, 0.3) is 0 Å². The van der Waals surface area contributed by atoms with Gasteiger partial charge in [0.15, 0.2) is 0 Å². The van der Waals surface area contributed by atoms with Crippen LogP contribution in [0.1, 0.15) is 21.5 Å². The minimum atomic E-state index is -0.244. The fraction of sp³-hybridized carbons (Fsp3) is 0.263. The van der Waals surface area contributed by atoms with E-state index in [1.807, 2.05) is 24.3 Å². The number of hydrogen-bond acceptors (Lipinski definition) is 6. The third-order valence-corrected chi connectivity index (χ3v) is 3.90. The van der Waals surface area contributed by atoms with Crippen molar-refractivity contribution in [2.45, 2.75) is 13.1 Å². The summed E-state index contributed by atoms with van der Waals surface area (Å²) in [6.07, 6.45) is 4.75. The number of amides is 1. The molecule has 0 unspecified atom stereocenters. The van der Waals surface area contributed by atoms with Crippen molar-refractivity contribution in [1.29, 1.82) is 0 Å². The zero-order valence-electron chi connectivity index (χ0n) is 15.0. The van der Waals surface area contributed by atoms with Crippen molar-refractivity contribution in [3.05, 3.63) is 71.9 Å². The summed E-state index contributed by atoms with van der Waals surface area (Å²) in [6.45, 7) is 1.72. The van der Waals surface area contributed by atoms with Crippen molar-refractivity contribution in [2.75, 3.05) is 20.3 Å². The molecule has 2 aromatic heterocycles. The van der Waals surface area contributed by atoms with Crippen molar-refractivity contribution >= 4 is 5.91 Å². The molecule has 0 bridgehead atoms. The molecular formula is C19H21N5O3. The Labute approximate surface area is 157 Å². The lowest BCUT2D eigenvalue weighted by Gasteiger charge is -2.12. The Hall–Kier alpha value is -3.26. The van der Waals surface area contributed by atoms with Gasteiger partial charge in [0, 0.05) is 19.9 Å². The number of ether oxygens (including phenoxy) is 2. The fourth-order valence-corrected chi connectivity index (χ4v) is 2.54. The first-order valence-electron chi connectivity index (χ1n) is 8.52. The first kappa shape index (κ1) is 18.5. The Kier molecular flexibility index (Phi) is 6.48. The summed E-state index contributed by atoms with van der Waals surface area (Å²) < 4.78 is 12.2. The Morgan fingerprint density at radius 1 is 1.15 bits per heavy atom. The van der Waals surface area contributed by atoms with Crippen molar-refractivity contribution in [3.8, 4) is 5.88 Å². The quantitative estimate of drug-likeness (QED) is 0.579. The highest BCUT2D eigenvalue weighted by atomic mass is 16.5. The molecule has 0 aliphatic carbocycles. The molecule has 8 nitrogen and oxygen atoms in total. The number of carbonyl (C=O) groups excluding carboxylic acids is 1. The van der Waals surface area contributed by atoms with Crippen LogP contribution in [0.15, 0.2) is 55.2 Å². The molecule has 0 aliphatic heterocycles. The summed E-state index contributed by atoms with van der Waals surface area (Å²) >= 11 is 0. The van der Waals surface area contributed by atoms with E-state index in [2.05, 4.69) is 20.4 Å². The Morgan fingerprint density at radius 2 is 2.00 bits per heavy atom. The molecule has 1 amide bonds. The van der Waals surface area contributed by atoms with E-state index in [9.17, 15) is 4.79 Å². The van der Waals surface area contributed by atoms with Gasteiger partial charge in [0.25, 0.3) is 5.91 Å². The van der Waals surface area contributed by atoms with Crippen molar-refractivity contribution in [2.24, 2.45) is 0 Å². The molecule has 8 heteroatoms. The molecule has 0 spiro atoms. The van der Waals surface area contributed by atoms with Gasteiger partial charge in [0.05, 0.1) is 13.2 Å². The van der Waals surface area contributed by atoms with Gasteiger partial charge in [0.1, 0.15) is 24.8 Å². The van der Waals surface area contributed by atoms with Crippen molar-refractivity contribution in [1.82, 2.24) is 25.1 Å². The van der Waals surface area contributed by atoms with Gasteiger partial charge in [0.2, 0.25) is 5.88 Å². The molecule has 3 rings (SSSR count). The Balaban J connectivity index is 1.66. The maximum atomic E-state index is 12.6. The third-order valence-electron chi connectivity index (χ3n) is 3.90. The van der Waals surface area contributed by atoms with Gasteiger partial charge in [-0.2, -0.15) is 5.10 Å². The monoisotopic (exact) mass is 367 g/mol. The number of pyridine rings is 1. The number of methoxy groups -OCH3 is 1. The highest BCUT2D eigenvalue weighted by Crippen LogP contribution is 2.15. The Morgan fingerprint density at radius 3 is 2.78 bits per heavy atom. The SMILES string of the molecule is COCCOc1ncccc1C(=O)NCc1ccccc1Cn1cncn1. The molecule has 0 radical (unpaired) electrons. The minimum absolute atomic E-state index is 0.244. The maximum absolute atomic E-state index is 12.6. The number of nitrogens with one attached hydrogen (secondary N) is 1. The first-order chi connectivity index (χ1) is 13.3. The highest BCUT2D eigenvalue weighted by molar-refractivity contribution is 5.96. The van der Waals surface area contributed by atoms with Crippen LogP contribution in [0.5, 0.6) is 5.88 Å². The van der Waals surface area contributed by atoms with Crippen LogP contribution in [0.3, 0.4) is 0 Å². The van der Waals surface area contributed by atoms with E-state index in [0.717, 1.165) is 11.1 Å². The predicted octanol–water partition coefficient (Wildman–Crippen LogP) is 1.68. The number of carbonyl (C=O) groups is 1. The molecule has 1 aromatic carbocycles. The van der Waals surface area contributed by atoms with Crippen LogP contribution in [-0.4, -0.2) is 46.0 Å². The Bertz CT molecular complexity index is 867. The lowest BCUT2D eigenvalue weighted by molar-refractivity contribution is 0.0941. The van der Waals surface area contributed by atoms with Gasteiger partial charge in [-0.1, -0.05) is 24.3 Å². The third kappa shape index (κ3) is 5.11. The number of hydrogen-bond donors (Lipinski definition) is 1. The van der Waals surface area contributed by atoms with Crippen LogP contribution in [-0.2, 0) is 17.8 Å². The smallest absolute Gasteiger partial charge is 0.257 e. The molecule has 0 aliphatic rings. The van der Waals surface area contributed by atoms with E-state index < -0.39 is 0 Å². The van der Waals surface area contributed by atoms with Crippen LogP contribution in [0, 0.1) is 0 Å². The van der Waals surface area contributed by atoms with E-state index in [1.165, 1.54) is 6.33 Å². The number of benzene rings is 1. The van der Waals surface area contributed by atoms with Gasteiger partial charge in [-0.3, -0.25) is 4.79 Å². The molecule has 1 N–H and O–H groups in total. The summed E-state index contributed by atoms with van der Waals surface area (Å²) in [5.41, 5.74) is 2.46. The van der Waals surface area contributed by atoms with E-state index in [0.29, 0.717) is 37.7 Å². The molecule has 0 saturated heterocycles. The van der Waals surface area contributed by atoms with Gasteiger partial charge < -0.3 is 14.8 Å². The van der Waals surface area contributed by atoms with E-state index >= 15 is 0 Å². The second-order valence-corrected chi connectivity index (χ2v) is 5.74. The standard InChI is InChI=1S/C19H21N5O3/c1-26-9-10-27-19-17(7-4-8-21-19)18(25)22-11-15-5-2-3-6-16(15)12-24-14-20-13-23-24/h2-8,13-14H,9-12H2,1H3,(H,22,25). The lowest BCUT2D eigenvalue weighted by atomic mass is 10.1. The van der Waals surface area contributed by atoms with Crippen LogP contribution in [0.2, 0.25) is 0 Å². The van der Waals surface area contributed by atoms with E-state index in [-0.39, 0.29) is 5.91 Å². The van der Waals surface area contributed by atoms with Crippen molar-refractivity contribution < 1.29 is 14.3 Å². The molecular weight excluding hydrogens is 346 g/mol. The molecule has 0 atom stereocenters. The van der Waals surface area contributed by atoms with E-state index in [4.69, 9.17) is 9.47 Å². The topological polar surface area (TPSA) is 91.2 Å². The van der Waals surface area contributed by atoms with Crippen LogP contribution in [0.4, 0.5) is 0 Å². The largest absolute Gasteiger partial charge is 0.475 e. The molecule has 3 aromatic rings. The zero-order valence-corrected chi connectivity index (χ0v) is 15.0. The number of nitrogens with zero attached hydrogens (tertiary/aromatic N) is 4. The molecule has 27 heavy (non-hydrogen) atoms. The maximum Gasteiger partial charge on any atom is 0.257 e. The summed E-state index contributed by atoms with van der Waals surface area (Å²) in [5.74, 6) is 0.0500. The van der Waals surface area contributed by atoms with Gasteiger partial charge in [-0.15, -0.1) is 0 Å². The van der Waals surface area contributed by atoms with Crippen molar-refractivity contribution in [3.63, 3.8) is 0 Å². The van der Waals surface area contributed by atoms with Gasteiger partial charge in [-0.05, 0) is 23.3 Å². The molecule has 2 heterocycles. The van der Waals surface area contributed by atoms with Crippen LogP contribution < -0.4 is 10.1 Å². The second kappa shape index (κ2) is 9.44. The first-order valence-corrected chi connectivity index (χ1v) is 8.52. The predicted molar refractivity (Wildman–Crippen MR) is 98.3 cm³/mol. The summed E-state index contributed by atoms with van der Waals surface area (Å²) in [5, 5.41) is 7.06. The summed E-state index contributed by atoms with van der Waals surface area (Å²) in [4.78, 5) is 20.7. The second-order valence-electron chi connectivity index (χ2n) is 5.74. The number of aromatic nitrogens is 4. The van der Waals surface area contributed by atoms with E-state index in [1.54, 1.807) is 36.4 Å². The average Bonchev–Trinajstić information content (AvgIpc) is 3.21. The average molecular weight is 367 g/mol. The minimum Gasteiger partial charge on any atom is -0.475 e. The normalized spacial score (nSPS) is 10.6. The number of rotatable bonds is 9. The lowest BCUT2D eigenvalue weighted by Crippen LogP contribution is -2.25. The van der Waals surface area contributed by atoms with Gasteiger partial charge >= 0.3 is 0 Å².